The second kappa shape index (κ2) is 2.71. The van der Waals surface area contributed by atoms with Gasteiger partial charge in [-0.3, -0.25) is 0 Å². The van der Waals surface area contributed by atoms with Gasteiger partial charge in [0.1, 0.15) is 0 Å². The summed E-state index contributed by atoms with van der Waals surface area (Å²) < 4.78 is 11.4. The number of ether oxygens (including phenoxy) is 2. The summed E-state index contributed by atoms with van der Waals surface area (Å²) in [6.07, 6.45) is 1.52. The Labute approximate surface area is 79.6 Å². The molecule has 2 heteroatoms. The molecule has 2 nitrogen and oxygen atoms in total. The summed E-state index contributed by atoms with van der Waals surface area (Å²) in [5.41, 5.74) is 0. The van der Waals surface area contributed by atoms with E-state index in [1.807, 2.05) is 0 Å². The molecule has 2 aliphatic heterocycles. The first-order valence-electron chi connectivity index (χ1n) is 5.50. The maximum atomic E-state index is 5.71. The van der Waals surface area contributed by atoms with Crippen molar-refractivity contribution in [1.29, 1.82) is 0 Å². The van der Waals surface area contributed by atoms with Gasteiger partial charge in [-0.1, -0.05) is 13.8 Å². The molecule has 0 aromatic rings. The van der Waals surface area contributed by atoms with Crippen LogP contribution in [-0.2, 0) is 9.47 Å². The monoisotopic (exact) mass is 182 g/mol. The number of fused-ring (bicyclic) bond motifs is 1. The quantitative estimate of drug-likeness (QED) is 0.616. The Balaban J connectivity index is 1.90. The topological polar surface area (TPSA) is 18.5 Å². The minimum absolute atomic E-state index is 0.157. The molecule has 4 unspecified atom stereocenters. The van der Waals surface area contributed by atoms with Crippen LogP contribution in [0.5, 0.6) is 0 Å². The molecular weight excluding hydrogens is 164 g/mol. The molecule has 1 saturated carbocycles. The molecule has 3 aliphatic rings. The van der Waals surface area contributed by atoms with E-state index < -0.39 is 0 Å². The van der Waals surface area contributed by atoms with E-state index in [0.29, 0.717) is 0 Å². The van der Waals surface area contributed by atoms with Crippen LogP contribution in [0.3, 0.4) is 0 Å². The summed E-state index contributed by atoms with van der Waals surface area (Å²) in [4.78, 5) is 0. The third-order valence-electron chi connectivity index (χ3n) is 4.21. The zero-order valence-corrected chi connectivity index (χ0v) is 8.40. The smallest absolute Gasteiger partial charge is 0.160 e. The number of hydrogen-bond donors (Lipinski definition) is 0. The van der Waals surface area contributed by atoms with Gasteiger partial charge in [0, 0.05) is 5.92 Å². The van der Waals surface area contributed by atoms with Crippen molar-refractivity contribution in [3.05, 3.63) is 0 Å². The van der Waals surface area contributed by atoms with Gasteiger partial charge >= 0.3 is 0 Å². The molecular formula is C11H18O2. The van der Waals surface area contributed by atoms with Crippen LogP contribution in [0.1, 0.15) is 20.3 Å². The molecule has 0 spiro atoms. The summed E-state index contributed by atoms with van der Waals surface area (Å²) in [6, 6.07) is 0. The van der Waals surface area contributed by atoms with Gasteiger partial charge in [0.05, 0.1) is 13.2 Å². The Morgan fingerprint density at radius 1 is 1.08 bits per heavy atom. The van der Waals surface area contributed by atoms with Crippen LogP contribution in [0.2, 0.25) is 0 Å². The Kier molecular flexibility index (Phi) is 1.72. The van der Waals surface area contributed by atoms with Crippen molar-refractivity contribution >= 4 is 0 Å². The van der Waals surface area contributed by atoms with Gasteiger partial charge in [-0.25, -0.2) is 0 Å². The fourth-order valence-electron chi connectivity index (χ4n) is 3.80. The minimum Gasteiger partial charge on any atom is -0.352 e. The lowest BCUT2D eigenvalue weighted by Gasteiger charge is -2.29. The van der Waals surface area contributed by atoms with Crippen molar-refractivity contribution in [1.82, 2.24) is 0 Å². The second-order valence-electron chi connectivity index (χ2n) is 5.18. The van der Waals surface area contributed by atoms with E-state index >= 15 is 0 Å². The van der Waals surface area contributed by atoms with E-state index in [1.165, 1.54) is 6.42 Å². The molecule has 2 saturated heterocycles. The lowest BCUT2D eigenvalue weighted by atomic mass is 9.81. The summed E-state index contributed by atoms with van der Waals surface area (Å²) in [5.74, 6) is 4.01. The van der Waals surface area contributed by atoms with Crippen LogP contribution in [-0.4, -0.2) is 19.5 Å². The van der Waals surface area contributed by atoms with Crippen molar-refractivity contribution in [3.63, 3.8) is 0 Å². The molecule has 0 amide bonds. The fraction of sp³-hybridized carbons (Fsp3) is 1.00. The Hall–Kier alpha value is -0.0800. The molecule has 3 rings (SSSR count). The van der Waals surface area contributed by atoms with E-state index in [2.05, 4.69) is 13.8 Å². The van der Waals surface area contributed by atoms with Crippen molar-refractivity contribution in [3.8, 4) is 0 Å². The zero-order valence-electron chi connectivity index (χ0n) is 8.40. The highest BCUT2D eigenvalue weighted by Gasteiger charge is 2.54. The molecule has 3 fully saturated rings. The van der Waals surface area contributed by atoms with Crippen molar-refractivity contribution in [2.24, 2.45) is 29.6 Å². The molecule has 74 valence electrons. The van der Waals surface area contributed by atoms with Gasteiger partial charge in [0.15, 0.2) is 6.29 Å². The van der Waals surface area contributed by atoms with Gasteiger partial charge in [-0.15, -0.1) is 0 Å². The van der Waals surface area contributed by atoms with E-state index in [-0.39, 0.29) is 6.29 Å². The predicted octanol–water partition coefficient (Wildman–Crippen LogP) is 1.90. The Morgan fingerprint density at radius 3 is 2.62 bits per heavy atom. The van der Waals surface area contributed by atoms with Crippen LogP contribution in [0.15, 0.2) is 0 Å². The summed E-state index contributed by atoms with van der Waals surface area (Å²) in [6.45, 7) is 6.59. The van der Waals surface area contributed by atoms with E-state index in [4.69, 9.17) is 9.47 Å². The molecule has 13 heavy (non-hydrogen) atoms. The summed E-state index contributed by atoms with van der Waals surface area (Å²) >= 11 is 0. The second-order valence-corrected chi connectivity index (χ2v) is 5.18. The van der Waals surface area contributed by atoms with E-state index in [9.17, 15) is 0 Å². The third kappa shape index (κ3) is 1.02. The normalized spacial score (nSPS) is 53.3. The molecule has 0 aromatic heterocycles. The predicted molar refractivity (Wildman–Crippen MR) is 49.1 cm³/mol. The lowest BCUT2D eigenvalue weighted by molar-refractivity contribution is -0.166. The van der Waals surface area contributed by atoms with Crippen molar-refractivity contribution < 1.29 is 9.47 Å². The third-order valence-corrected chi connectivity index (χ3v) is 4.21. The molecule has 5 atom stereocenters. The van der Waals surface area contributed by atoms with E-state index in [0.717, 1.165) is 42.8 Å². The van der Waals surface area contributed by atoms with Crippen LogP contribution in [0.25, 0.3) is 0 Å². The SMILES string of the molecule is CC(C)C1C2CO[C@H]3OCC1C3C2. The van der Waals surface area contributed by atoms with Crippen LogP contribution in [0.4, 0.5) is 0 Å². The molecule has 1 aliphatic carbocycles. The van der Waals surface area contributed by atoms with Gasteiger partial charge < -0.3 is 9.47 Å². The highest BCUT2D eigenvalue weighted by atomic mass is 16.7. The van der Waals surface area contributed by atoms with Gasteiger partial charge in [0.25, 0.3) is 0 Å². The molecule has 2 bridgehead atoms. The maximum absolute atomic E-state index is 5.71. The average molecular weight is 182 g/mol. The van der Waals surface area contributed by atoms with Crippen LogP contribution in [0, 0.1) is 29.6 Å². The molecule has 0 aromatic carbocycles. The van der Waals surface area contributed by atoms with Crippen molar-refractivity contribution in [2.45, 2.75) is 26.6 Å². The summed E-state index contributed by atoms with van der Waals surface area (Å²) in [5, 5.41) is 0. The number of hydrogen-bond acceptors (Lipinski definition) is 2. The number of rotatable bonds is 1. The van der Waals surface area contributed by atoms with Crippen LogP contribution >= 0.6 is 0 Å². The molecule has 0 N–H and O–H groups in total. The summed E-state index contributed by atoms with van der Waals surface area (Å²) in [7, 11) is 0. The molecule has 2 heterocycles. The lowest BCUT2D eigenvalue weighted by Crippen LogP contribution is -2.30. The Morgan fingerprint density at radius 2 is 1.85 bits per heavy atom. The van der Waals surface area contributed by atoms with Gasteiger partial charge in [-0.2, -0.15) is 0 Å². The first kappa shape index (κ1) is 8.25. The van der Waals surface area contributed by atoms with Crippen molar-refractivity contribution in [2.75, 3.05) is 13.2 Å². The Bertz CT molecular complexity index is 214. The maximum Gasteiger partial charge on any atom is 0.160 e. The fourth-order valence-corrected chi connectivity index (χ4v) is 3.80. The largest absolute Gasteiger partial charge is 0.352 e. The highest BCUT2D eigenvalue weighted by molar-refractivity contribution is 4.98. The standard InChI is InChI=1S/C11H18O2/c1-6(2)10-7-3-8-9(10)5-13-11(8)12-4-7/h6-11H,3-5H2,1-2H3/t7?,8?,9?,10?,11-/m0/s1. The van der Waals surface area contributed by atoms with Gasteiger partial charge in [-0.05, 0) is 30.1 Å². The first-order valence-corrected chi connectivity index (χ1v) is 5.50. The van der Waals surface area contributed by atoms with Gasteiger partial charge in [0.2, 0.25) is 0 Å². The van der Waals surface area contributed by atoms with Crippen LogP contribution < -0.4 is 0 Å². The van der Waals surface area contributed by atoms with E-state index in [1.54, 1.807) is 0 Å². The first-order chi connectivity index (χ1) is 6.27. The zero-order chi connectivity index (χ0) is 9.00. The molecule has 0 radical (unpaired) electrons. The average Bonchev–Trinajstić information content (AvgIpc) is 2.54. The highest BCUT2D eigenvalue weighted by Crippen LogP contribution is 2.53. The minimum atomic E-state index is 0.157.